The van der Waals surface area contributed by atoms with Gasteiger partial charge in [-0.2, -0.15) is 0 Å². The van der Waals surface area contributed by atoms with Crippen molar-refractivity contribution in [3.05, 3.63) is 71.8 Å². The van der Waals surface area contributed by atoms with Gasteiger partial charge in [-0.25, -0.2) is 9.59 Å². The number of rotatable bonds is 9. The first kappa shape index (κ1) is 30.1. The van der Waals surface area contributed by atoms with Crippen LogP contribution in [0.25, 0.3) is 6.08 Å². The topological polar surface area (TPSA) is 185 Å². The van der Waals surface area contributed by atoms with Crippen LogP contribution in [0.2, 0.25) is 0 Å². The summed E-state index contributed by atoms with van der Waals surface area (Å²) >= 11 is 1.09. The molecule has 4 atom stereocenters. The molecular weight excluding hydrogens is 566 g/mol. The van der Waals surface area contributed by atoms with Crippen molar-refractivity contribution < 1.29 is 39.0 Å². The van der Waals surface area contributed by atoms with Gasteiger partial charge < -0.3 is 31.1 Å². The highest BCUT2D eigenvalue weighted by Crippen LogP contribution is 2.54. The van der Waals surface area contributed by atoms with Gasteiger partial charge in [0.25, 0.3) is 11.8 Å². The summed E-state index contributed by atoms with van der Waals surface area (Å²) in [5.74, 6) is -3.82. The third kappa shape index (κ3) is 5.52. The number of carboxylic acids is 1. The number of carbonyl (C=O) groups excluding carboxylic acids is 5. The van der Waals surface area contributed by atoms with Crippen LogP contribution in [0.1, 0.15) is 31.0 Å². The molecule has 0 radical (unpaired) electrons. The number of thioether (sulfide) groups is 1. The first-order valence-corrected chi connectivity index (χ1v) is 13.6. The number of carbonyl (C=O) groups is 6. The normalized spacial score (nSPS) is 22.8. The number of amides is 6. The van der Waals surface area contributed by atoms with E-state index in [-0.39, 0.29) is 17.7 Å². The molecule has 1 unspecified atom stereocenters. The van der Waals surface area contributed by atoms with Gasteiger partial charge in [0.15, 0.2) is 0 Å². The maximum atomic E-state index is 13.7. The second kappa shape index (κ2) is 11.6. The number of aromatic hydroxyl groups is 1. The van der Waals surface area contributed by atoms with Gasteiger partial charge in [0.2, 0.25) is 18.0 Å². The number of likely N-dealkylation sites (N-methyl/N-ethyl adjacent to an activating group) is 1. The summed E-state index contributed by atoms with van der Waals surface area (Å²) in [4.78, 5) is 78.2. The summed E-state index contributed by atoms with van der Waals surface area (Å²) < 4.78 is -0.954. The minimum Gasteiger partial charge on any atom is -0.508 e. The van der Waals surface area contributed by atoms with E-state index in [2.05, 4.69) is 16.0 Å². The Morgan fingerprint density at radius 2 is 1.71 bits per heavy atom. The van der Waals surface area contributed by atoms with Crippen LogP contribution in [0.5, 0.6) is 5.75 Å². The van der Waals surface area contributed by atoms with Gasteiger partial charge in [-0.3, -0.25) is 24.1 Å². The van der Waals surface area contributed by atoms with E-state index < -0.39 is 57.6 Å². The van der Waals surface area contributed by atoms with E-state index in [1.54, 1.807) is 38.1 Å². The predicted molar refractivity (Wildman–Crippen MR) is 151 cm³/mol. The fourth-order valence-corrected chi connectivity index (χ4v) is 6.49. The number of fused-ring (bicyclic) bond motifs is 1. The molecule has 2 aliphatic heterocycles. The molecule has 6 amide bonds. The predicted octanol–water partition coefficient (Wildman–Crippen LogP) is 1.02. The van der Waals surface area contributed by atoms with E-state index in [9.17, 15) is 39.0 Å². The maximum absolute atomic E-state index is 13.7. The SMILES string of the molecule is CN(C(=O)/C=C/c1ccccc1)C(=O)NC(C(=O)N[C@]1(NC=O)C(=O)N2[C@@H](C(=O)O)C(C)(C)S[C@@H]21)c1ccc(O)cc1. The van der Waals surface area contributed by atoms with Crippen molar-refractivity contribution >= 4 is 54.0 Å². The molecule has 2 saturated heterocycles. The largest absolute Gasteiger partial charge is 0.508 e. The van der Waals surface area contributed by atoms with Crippen LogP contribution in [0.15, 0.2) is 60.7 Å². The molecule has 13 nitrogen and oxygen atoms in total. The number of hydrogen-bond acceptors (Lipinski definition) is 8. The number of benzene rings is 2. The first-order valence-electron chi connectivity index (χ1n) is 12.7. The second-order valence-corrected chi connectivity index (χ2v) is 11.9. The molecule has 14 heteroatoms. The molecule has 0 aliphatic carbocycles. The zero-order valence-electron chi connectivity index (χ0n) is 22.8. The number of aliphatic carboxylic acids is 1. The third-order valence-corrected chi connectivity index (χ3v) is 8.63. The Morgan fingerprint density at radius 3 is 2.31 bits per heavy atom. The average molecular weight is 596 g/mol. The fourth-order valence-electron chi connectivity index (χ4n) is 4.83. The van der Waals surface area contributed by atoms with Gasteiger partial charge in [0.1, 0.15) is 23.2 Å². The first-order chi connectivity index (χ1) is 19.8. The minimum absolute atomic E-state index is 0.115. The Morgan fingerprint density at radius 1 is 1.07 bits per heavy atom. The Kier molecular flexibility index (Phi) is 8.29. The summed E-state index contributed by atoms with van der Waals surface area (Å²) in [6, 6.07) is 10.5. The second-order valence-electron chi connectivity index (χ2n) is 10.2. The van der Waals surface area contributed by atoms with Crippen LogP contribution in [-0.4, -0.2) is 85.0 Å². The smallest absolute Gasteiger partial charge is 0.327 e. The Labute approximate surface area is 244 Å². The fraction of sp³-hybridized carbons (Fsp3) is 0.286. The van der Waals surface area contributed by atoms with Gasteiger partial charge in [-0.15, -0.1) is 11.8 Å². The average Bonchev–Trinajstić information content (AvgIpc) is 3.23. The van der Waals surface area contributed by atoms with Crippen LogP contribution in [0.3, 0.4) is 0 Å². The molecule has 0 saturated carbocycles. The number of hydrogen-bond donors (Lipinski definition) is 5. The van der Waals surface area contributed by atoms with Crippen molar-refractivity contribution in [1.29, 1.82) is 0 Å². The molecule has 0 spiro atoms. The van der Waals surface area contributed by atoms with Crippen LogP contribution in [-0.2, 0) is 24.0 Å². The van der Waals surface area contributed by atoms with E-state index in [0.717, 1.165) is 27.1 Å². The molecule has 220 valence electrons. The monoisotopic (exact) mass is 595 g/mol. The van der Waals surface area contributed by atoms with E-state index in [1.807, 2.05) is 6.07 Å². The molecule has 2 aromatic rings. The standard InChI is InChI=1S/C28H29N5O8S/c1-27(2)21(23(38)39)33-24(40)28(29-15-34,25(33)42-27)31-22(37)20(17-10-12-18(35)13-11-17)30-26(41)32(3)19(36)14-9-16-7-5-4-6-8-16/h4-15,20-21,25,35H,1-3H3,(H,29,34)(H,30,41)(H,31,37)(H,38,39)/b14-9+/t20?,21-,25+,28+/m0/s1. The highest BCUT2D eigenvalue weighted by atomic mass is 32.2. The summed E-state index contributed by atoms with van der Waals surface area (Å²) in [5.41, 5.74) is -1.08. The number of imide groups is 1. The van der Waals surface area contributed by atoms with E-state index in [0.29, 0.717) is 0 Å². The lowest BCUT2D eigenvalue weighted by molar-refractivity contribution is -0.172. The van der Waals surface area contributed by atoms with Crippen molar-refractivity contribution in [2.45, 2.75) is 41.7 Å². The summed E-state index contributed by atoms with van der Waals surface area (Å²) in [5, 5.41) is 25.8. The number of nitrogens with one attached hydrogen (secondary N) is 3. The molecule has 2 aliphatic rings. The summed E-state index contributed by atoms with van der Waals surface area (Å²) in [6.07, 6.45) is 2.92. The maximum Gasteiger partial charge on any atom is 0.327 e. The minimum atomic E-state index is -2.00. The molecular formula is C28H29N5O8S. The molecule has 2 fully saturated rings. The lowest BCUT2D eigenvalue weighted by atomic mass is 9.91. The number of β-lactam (4-membered cyclic amide) rings is 1. The molecule has 4 rings (SSSR count). The van der Waals surface area contributed by atoms with Gasteiger partial charge in [0.05, 0.1) is 0 Å². The van der Waals surface area contributed by atoms with Gasteiger partial charge >= 0.3 is 12.0 Å². The summed E-state index contributed by atoms with van der Waals surface area (Å²) in [7, 11) is 1.21. The van der Waals surface area contributed by atoms with Gasteiger partial charge in [-0.1, -0.05) is 42.5 Å². The Hall–Kier alpha value is -4.85. The van der Waals surface area contributed by atoms with Crippen LogP contribution in [0.4, 0.5) is 4.79 Å². The summed E-state index contributed by atoms with van der Waals surface area (Å²) in [6.45, 7) is 3.27. The third-order valence-electron chi connectivity index (χ3n) is 7.00. The molecule has 2 aromatic carbocycles. The highest BCUT2D eigenvalue weighted by Gasteiger charge is 2.72. The van der Waals surface area contributed by atoms with Crippen LogP contribution < -0.4 is 16.0 Å². The van der Waals surface area contributed by atoms with E-state index in [1.165, 1.54) is 43.5 Å². The number of carboxylic acid groups (broad SMARTS) is 1. The zero-order chi connectivity index (χ0) is 30.8. The van der Waals surface area contributed by atoms with E-state index >= 15 is 0 Å². The lowest BCUT2D eigenvalue weighted by Crippen LogP contribution is -2.85. The van der Waals surface area contributed by atoms with Crippen molar-refractivity contribution in [1.82, 2.24) is 25.8 Å². The quantitative estimate of drug-likeness (QED) is 0.122. The van der Waals surface area contributed by atoms with Crippen LogP contribution in [0, 0.1) is 0 Å². The molecule has 2 heterocycles. The number of urea groups is 1. The van der Waals surface area contributed by atoms with Crippen molar-refractivity contribution in [2.24, 2.45) is 0 Å². The van der Waals surface area contributed by atoms with Crippen molar-refractivity contribution in [3.8, 4) is 5.75 Å². The van der Waals surface area contributed by atoms with Crippen LogP contribution >= 0.6 is 11.8 Å². The molecule has 0 aromatic heterocycles. The zero-order valence-corrected chi connectivity index (χ0v) is 23.6. The Bertz CT molecular complexity index is 1450. The number of phenols is 1. The molecule has 5 N–H and O–H groups in total. The molecule has 0 bridgehead atoms. The van der Waals surface area contributed by atoms with E-state index in [4.69, 9.17) is 0 Å². The number of nitrogens with zero attached hydrogens (tertiary/aromatic N) is 2. The molecule has 42 heavy (non-hydrogen) atoms. The number of phenolic OH excluding ortho intramolecular Hbond substituents is 1. The van der Waals surface area contributed by atoms with Gasteiger partial charge in [-0.05, 0) is 43.2 Å². The Balaban J connectivity index is 1.58. The van der Waals surface area contributed by atoms with Crippen molar-refractivity contribution in [2.75, 3.05) is 7.05 Å². The van der Waals surface area contributed by atoms with Crippen molar-refractivity contribution in [3.63, 3.8) is 0 Å². The highest BCUT2D eigenvalue weighted by molar-refractivity contribution is 8.01. The van der Waals surface area contributed by atoms with Gasteiger partial charge in [0, 0.05) is 17.9 Å². The lowest BCUT2D eigenvalue weighted by Gasteiger charge is -2.52.